The van der Waals surface area contributed by atoms with Crippen LogP contribution in [0.4, 0.5) is 0 Å². The van der Waals surface area contributed by atoms with E-state index in [0.29, 0.717) is 5.56 Å². The third-order valence-electron chi connectivity index (χ3n) is 2.73. The van der Waals surface area contributed by atoms with Gasteiger partial charge in [-0.3, -0.25) is 4.79 Å². The molecule has 0 saturated carbocycles. The number of amides is 1. The molecule has 1 N–H and O–H groups in total. The fraction of sp³-hybridized carbons (Fsp3) is 0.286. The zero-order valence-electron chi connectivity index (χ0n) is 10.5. The van der Waals surface area contributed by atoms with E-state index in [9.17, 15) is 4.79 Å². The van der Waals surface area contributed by atoms with Crippen LogP contribution in [0.15, 0.2) is 30.3 Å². The zero-order valence-corrected chi connectivity index (χ0v) is 10.5. The smallest absolute Gasteiger partial charge is 0.246 e. The highest BCUT2D eigenvalue weighted by Crippen LogP contribution is 2.06. The average molecular weight is 244 g/mol. The number of nitriles is 1. The zero-order chi connectivity index (χ0) is 13.5. The van der Waals surface area contributed by atoms with E-state index < -0.39 is 0 Å². The summed E-state index contributed by atoms with van der Waals surface area (Å²) >= 11 is 0. The Morgan fingerprint density at radius 2 is 2.11 bits per heavy atom. The van der Waals surface area contributed by atoms with E-state index in [2.05, 4.69) is 0 Å². The lowest BCUT2D eigenvalue weighted by Crippen LogP contribution is -2.36. The summed E-state index contributed by atoms with van der Waals surface area (Å²) in [5.74, 6) is -0.166. The molecule has 0 aromatic heterocycles. The van der Waals surface area contributed by atoms with E-state index >= 15 is 0 Å². The summed E-state index contributed by atoms with van der Waals surface area (Å²) in [6.07, 6.45) is 3.14. The van der Waals surface area contributed by atoms with Gasteiger partial charge in [-0.25, -0.2) is 0 Å². The maximum absolute atomic E-state index is 11.7. The van der Waals surface area contributed by atoms with Gasteiger partial charge in [-0.05, 0) is 30.7 Å². The van der Waals surface area contributed by atoms with Gasteiger partial charge in [0.15, 0.2) is 0 Å². The number of rotatable bonds is 4. The number of benzene rings is 1. The first-order valence-electron chi connectivity index (χ1n) is 5.64. The number of hydrogen-bond donors (Lipinski definition) is 1. The minimum atomic E-state index is -0.205. The predicted molar refractivity (Wildman–Crippen MR) is 69.5 cm³/mol. The number of aliphatic hydroxyl groups is 1. The van der Waals surface area contributed by atoms with Gasteiger partial charge >= 0.3 is 0 Å². The van der Waals surface area contributed by atoms with Gasteiger partial charge in [-0.15, -0.1) is 0 Å². The third-order valence-corrected chi connectivity index (χ3v) is 2.73. The van der Waals surface area contributed by atoms with Crippen LogP contribution in [0.5, 0.6) is 0 Å². The van der Waals surface area contributed by atoms with E-state index in [1.54, 1.807) is 44.3 Å². The van der Waals surface area contributed by atoms with Crippen LogP contribution in [0.2, 0.25) is 0 Å². The number of carbonyl (C=O) groups excluding carboxylic acids is 1. The Labute approximate surface area is 107 Å². The van der Waals surface area contributed by atoms with Crippen LogP contribution in [0.25, 0.3) is 6.08 Å². The number of nitrogens with zero attached hydrogens (tertiary/aromatic N) is 2. The molecular weight excluding hydrogens is 228 g/mol. The second-order valence-corrected chi connectivity index (χ2v) is 4.05. The summed E-state index contributed by atoms with van der Waals surface area (Å²) in [5.41, 5.74) is 1.44. The van der Waals surface area contributed by atoms with E-state index in [1.165, 1.54) is 11.0 Å². The summed E-state index contributed by atoms with van der Waals surface area (Å²) in [4.78, 5) is 13.2. The average Bonchev–Trinajstić information content (AvgIpc) is 2.43. The van der Waals surface area contributed by atoms with Gasteiger partial charge in [0.05, 0.1) is 24.3 Å². The summed E-state index contributed by atoms with van der Waals surface area (Å²) in [7, 11) is 1.65. The van der Waals surface area contributed by atoms with Gasteiger partial charge in [0.25, 0.3) is 0 Å². The molecule has 1 rings (SSSR count). The van der Waals surface area contributed by atoms with Crippen LogP contribution in [0.1, 0.15) is 18.1 Å². The van der Waals surface area contributed by atoms with Crippen molar-refractivity contribution in [1.29, 1.82) is 5.26 Å². The molecule has 0 heterocycles. The Morgan fingerprint density at radius 1 is 1.50 bits per heavy atom. The molecule has 18 heavy (non-hydrogen) atoms. The Morgan fingerprint density at radius 3 is 2.61 bits per heavy atom. The second-order valence-electron chi connectivity index (χ2n) is 4.05. The topological polar surface area (TPSA) is 64.3 Å². The molecule has 0 fully saturated rings. The monoisotopic (exact) mass is 244 g/mol. The second kappa shape index (κ2) is 6.58. The molecule has 4 nitrogen and oxygen atoms in total. The Kier molecular flexibility index (Phi) is 5.09. The van der Waals surface area contributed by atoms with Crippen molar-refractivity contribution in [3.63, 3.8) is 0 Å². The maximum atomic E-state index is 11.7. The molecule has 0 aliphatic rings. The standard InChI is InChI=1S/C14H16N2O2/c1-11(10-17)16(2)14(18)8-7-12-3-5-13(9-15)6-4-12/h3-8,11,17H,10H2,1-2H3/b8-7+. The Bertz CT molecular complexity index is 472. The van der Waals surface area contributed by atoms with Gasteiger partial charge in [-0.1, -0.05) is 12.1 Å². The van der Waals surface area contributed by atoms with Crippen LogP contribution >= 0.6 is 0 Å². The minimum absolute atomic E-state index is 0.0626. The van der Waals surface area contributed by atoms with Gasteiger partial charge in [-0.2, -0.15) is 5.26 Å². The van der Waals surface area contributed by atoms with Crippen molar-refractivity contribution in [3.05, 3.63) is 41.5 Å². The predicted octanol–water partition coefficient (Wildman–Crippen LogP) is 1.41. The lowest BCUT2D eigenvalue weighted by Gasteiger charge is -2.21. The molecule has 0 aliphatic carbocycles. The summed E-state index contributed by atoms with van der Waals surface area (Å²) in [6.45, 7) is 1.71. The number of hydrogen-bond acceptors (Lipinski definition) is 3. The van der Waals surface area contributed by atoms with E-state index in [4.69, 9.17) is 10.4 Å². The van der Waals surface area contributed by atoms with Crippen LogP contribution in [0.3, 0.4) is 0 Å². The lowest BCUT2D eigenvalue weighted by molar-refractivity contribution is -0.127. The van der Waals surface area contributed by atoms with Crippen LogP contribution in [0, 0.1) is 11.3 Å². The van der Waals surface area contributed by atoms with Gasteiger partial charge in [0.1, 0.15) is 0 Å². The molecule has 1 unspecified atom stereocenters. The molecule has 0 bridgehead atoms. The number of carbonyl (C=O) groups is 1. The van der Waals surface area contributed by atoms with Crippen molar-refractivity contribution in [2.75, 3.05) is 13.7 Å². The largest absolute Gasteiger partial charge is 0.394 e. The van der Waals surface area contributed by atoms with E-state index in [0.717, 1.165) is 5.56 Å². The summed E-state index contributed by atoms with van der Waals surface area (Å²) in [5, 5.41) is 17.6. The summed E-state index contributed by atoms with van der Waals surface area (Å²) < 4.78 is 0. The van der Waals surface area contributed by atoms with Crippen molar-refractivity contribution in [2.24, 2.45) is 0 Å². The van der Waals surface area contributed by atoms with Crippen LogP contribution in [-0.2, 0) is 4.79 Å². The highest BCUT2D eigenvalue weighted by atomic mass is 16.3. The number of likely N-dealkylation sites (N-methyl/N-ethyl adjacent to an activating group) is 1. The minimum Gasteiger partial charge on any atom is -0.394 e. The first-order valence-corrected chi connectivity index (χ1v) is 5.64. The summed E-state index contributed by atoms with van der Waals surface area (Å²) in [6, 6.07) is 8.78. The van der Waals surface area contributed by atoms with Gasteiger partial charge < -0.3 is 10.0 Å². The highest BCUT2D eigenvalue weighted by Gasteiger charge is 2.11. The van der Waals surface area contributed by atoms with Gasteiger partial charge in [0, 0.05) is 13.1 Å². The molecule has 1 aromatic rings. The molecule has 94 valence electrons. The maximum Gasteiger partial charge on any atom is 0.246 e. The normalized spacial score (nSPS) is 12.1. The molecule has 0 saturated heterocycles. The first kappa shape index (κ1) is 13.9. The SMILES string of the molecule is CC(CO)N(C)C(=O)/C=C/c1ccc(C#N)cc1. The number of aliphatic hydroxyl groups excluding tert-OH is 1. The molecule has 0 aliphatic heterocycles. The third kappa shape index (κ3) is 3.72. The van der Waals surface area contributed by atoms with Crippen LogP contribution in [-0.4, -0.2) is 35.6 Å². The molecule has 4 heteroatoms. The van der Waals surface area contributed by atoms with Gasteiger partial charge in [0.2, 0.25) is 5.91 Å². The molecule has 1 atom stereocenters. The Balaban J connectivity index is 2.69. The Hall–Kier alpha value is -2.12. The van der Waals surface area contributed by atoms with Crippen molar-refractivity contribution in [3.8, 4) is 6.07 Å². The molecule has 1 amide bonds. The van der Waals surface area contributed by atoms with Crippen molar-refractivity contribution in [2.45, 2.75) is 13.0 Å². The van der Waals surface area contributed by atoms with Crippen molar-refractivity contribution in [1.82, 2.24) is 4.90 Å². The quantitative estimate of drug-likeness (QED) is 0.814. The van der Waals surface area contributed by atoms with E-state index in [1.807, 2.05) is 6.07 Å². The first-order chi connectivity index (χ1) is 8.58. The van der Waals surface area contributed by atoms with Crippen molar-refractivity contribution < 1.29 is 9.90 Å². The lowest BCUT2D eigenvalue weighted by atomic mass is 10.1. The van der Waals surface area contributed by atoms with Crippen LogP contribution < -0.4 is 0 Å². The molecule has 0 spiro atoms. The van der Waals surface area contributed by atoms with Crippen molar-refractivity contribution >= 4 is 12.0 Å². The fourth-order valence-electron chi connectivity index (χ4n) is 1.29. The molecule has 1 aromatic carbocycles. The molecular formula is C14H16N2O2. The van der Waals surface area contributed by atoms with E-state index in [-0.39, 0.29) is 18.6 Å². The molecule has 0 radical (unpaired) electrons. The fourth-order valence-corrected chi connectivity index (χ4v) is 1.29. The highest BCUT2D eigenvalue weighted by molar-refractivity contribution is 5.91.